The predicted molar refractivity (Wildman–Crippen MR) is 62.3 cm³/mol. The molecule has 1 saturated carbocycles. The van der Waals surface area contributed by atoms with Crippen molar-refractivity contribution < 1.29 is 13.2 Å². The van der Waals surface area contributed by atoms with Crippen LogP contribution in [0, 0.1) is 0 Å². The zero-order valence-corrected chi connectivity index (χ0v) is 9.72. The van der Waals surface area contributed by atoms with Crippen molar-refractivity contribution in [2.75, 3.05) is 0 Å². The molecule has 1 N–H and O–H groups in total. The van der Waals surface area contributed by atoms with Crippen molar-refractivity contribution in [1.29, 1.82) is 0 Å². The van der Waals surface area contributed by atoms with Gasteiger partial charge in [-0.2, -0.15) is 13.2 Å². The van der Waals surface area contributed by atoms with Gasteiger partial charge in [-0.15, -0.1) is 0 Å². The maximum Gasteiger partial charge on any atom is 0.416 e. The third kappa shape index (κ3) is 1.98. The second-order valence-electron chi connectivity index (χ2n) is 4.83. The number of nitrogens with zero attached hydrogens (tertiary/aromatic N) is 1. The van der Waals surface area contributed by atoms with Crippen molar-refractivity contribution in [3.63, 3.8) is 0 Å². The van der Waals surface area contributed by atoms with Crippen molar-refractivity contribution in [2.45, 2.75) is 37.8 Å². The Kier molecular flexibility index (Phi) is 2.57. The highest BCUT2D eigenvalue weighted by atomic mass is 19.4. The maximum atomic E-state index is 12.6. The van der Waals surface area contributed by atoms with Crippen LogP contribution in [0.25, 0.3) is 11.0 Å². The zero-order chi connectivity index (χ0) is 12.8. The van der Waals surface area contributed by atoms with Crippen molar-refractivity contribution >= 4 is 11.0 Å². The summed E-state index contributed by atoms with van der Waals surface area (Å²) >= 11 is 0. The Hall–Kier alpha value is -1.52. The maximum absolute atomic E-state index is 12.6. The summed E-state index contributed by atoms with van der Waals surface area (Å²) in [5.74, 6) is 1.22. The SMILES string of the molecule is FC(F)(F)c1ccc2nc(C3CCCC3)[nH]c2c1. The Labute approximate surface area is 102 Å². The van der Waals surface area contributed by atoms with Crippen molar-refractivity contribution in [3.8, 4) is 0 Å². The fourth-order valence-electron chi connectivity index (χ4n) is 2.60. The van der Waals surface area contributed by atoms with Crippen LogP contribution in [0.4, 0.5) is 13.2 Å². The van der Waals surface area contributed by atoms with Gasteiger partial charge in [-0.3, -0.25) is 0 Å². The molecule has 1 fully saturated rings. The standard InChI is InChI=1S/C13H13F3N2/c14-13(15,16)9-5-6-10-11(7-9)18-12(17-10)8-3-1-2-4-8/h5-8H,1-4H2,(H,17,18). The average molecular weight is 254 g/mol. The minimum absolute atomic E-state index is 0.381. The van der Waals surface area contributed by atoms with Gasteiger partial charge in [0.1, 0.15) is 5.82 Å². The van der Waals surface area contributed by atoms with Crippen LogP contribution in [0.15, 0.2) is 18.2 Å². The fourth-order valence-corrected chi connectivity index (χ4v) is 2.60. The number of halogens is 3. The Morgan fingerprint density at radius 3 is 2.56 bits per heavy atom. The van der Waals surface area contributed by atoms with Crippen LogP contribution in [-0.2, 0) is 6.18 Å². The Morgan fingerprint density at radius 1 is 1.17 bits per heavy atom. The van der Waals surface area contributed by atoms with Crippen molar-refractivity contribution in [1.82, 2.24) is 9.97 Å². The van der Waals surface area contributed by atoms with Crippen LogP contribution < -0.4 is 0 Å². The molecular weight excluding hydrogens is 241 g/mol. The summed E-state index contributed by atoms with van der Waals surface area (Å²) in [4.78, 5) is 7.43. The first kappa shape index (κ1) is 11.6. The van der Waals surface area contributed by atoms with Gasteiger partial charge in [0.15, 0.2) is 0 Å². The molecule has 3 rings (SSSR count). The molecule has 0 bridgehead atoms. The summed E-state index contributed by atoms with van der Waals surface area (Å²) in [6.45, 7) is 0. The largest absolute Gasteiger partial charge is 0.416 e. The van der Waals surface area contributed by atoms with E-state index in [1.165, 1.54) is 18.9 Å². The normalized spacial score (nSPS) is 17.7. The lowest BCUT2D eigenvalue weighted by Crippen LogP contribution is -2.04. The number of hydrogen-bond donors (Lipinski definition) is 1. The minimum atomic E-state index is -4.30. The molecule has 18 heavy (non-hydrogen) atoms. The molecule has 96 valence electrons. The summed E-state index contributed by atoms with van der Waals surface area (Å²) in [6.07, 6.45) is 0.204. The molecule has 1 heterocycles. The molecule has 1 aliphatic rings. The Balaban J connectivity index is 2.01. The van der Waals surface area contributed by atoms with Crippen LogP contribution in [0.1, 0.15) is 43.0 Å². The van der Waals surface area contributed by atoms with Crippen LogP contribution in [-0.4, -0.2) is 9.97 Å². The number of benzene rings is 1. The summed E-state index contributed by atoms with van der Waals surface area (Å²) in [6, 6.07) is 3.66. The third-order valence-electron chi connectivity index (χ3n) is 3.57. The van der Waals surface area contributed by atoms with E-state index in [4.69, 9.17) is 0 Å². The number of aromatic nitrogens is 2. The molecule has 0 amide bonds. The monoisotopic (exact) mass is 254 g/mol. The number of fused-ring (bicyclic) bond motifs is 1. The highest BCUT2D eigenvalue weighted by molar-refractivity contribution is 5.76. The Morgan fingerprint density at radius 2 is 1.89 bits per heavy atom. The van der Waals surface area contributed by atoms with Gasteiger partial charge < -0.3 is 4.98 Å². The van der Waals surface area contributed by atoms with E-state index < -0.39 is 11.7 Å². The van der Waals surface area contributed by atoms with Crippen molar-refractivity contribution in [2.24, 2.45) is 0 Å². The van der Waals surface area contributed by atoms with Gasteiger partial charge >= 0.3 is 6.18 Å². The molecule has 0 saturated heterocycles. The molecular formula is C13H13F3N2. The molecule has 1 aromatic carbocycles. The van der Waals surface area contributed by atoms with E-state index in [2.05, 4.69) is 9.97 Å². The van der Waals surface area contributed by atoms with Gasteiger partial charge in [-0.1, -0.05) is 12.8 Å². The number of nitrogens with one attached hydrogen (secondary N) is 1. The van der Waals surface area contributed by atoms with Gasteiger partial charge in [0.25, 0.3) is 0 Å². The van der Waals surface area contributed by atoms with E-state index in [0.29, 0.717) is 17.0 Å². The van der Waals surface area contributed by atoms with E-state index >= 15 is 0 Å². The van der Waals surface area contributed by atoms with E-state index in [-0.39, 0.29) is 0 Å². The Bertz CT molecular complexity index is 565. The van der Waals surface area contributed by atoms with Crippen molar-refractivity contribution in [3.05, 3.63) is 29.6 Å². The number of rotatable bonds is 1. The topological polar surface area (TPSA) is 28.7 Å². The van der Waals surface area contributed by atoms with Crippen LogP contribution >= 0.6 is 0 Å². The van der Waals surface area contributed by atoms with Gasteiger partial charge in [0.2, 0.25) is 0 Å². The lowest BCUT2D eigenvalue weighted by atomic mass is 10.1. The molecule has 2 aromatic rings. The molecule has 0 spiro atoms. The summed E-state index contributed by atoms with van der Waals surface area (Å²) < 4.78 is 37.8. The van der Waals surface area contributed by atoms with Crippen LogP contribution in [0.2, 0.25) is 0 Å². The van der Waals surface area contributed by atoms with Gasteiger partial charge in [-0.05, 0) is 31.0 Å². The van der Waals surface area contributed by atoms with E-state index in [1.54, 1.807) is 0 Å². The third-order valence-corrected chi connectivity index (χ3v) is 3.57. The van der Waals surface area contributed by atoms with E-state index in [0.717, 1.165) is 30.8 Å². The second-order valence-corrected chi connectivity index (χ2v) is 4.83. The highest BCUT2D eigenvalue weighted by Crippen LogP contribution is 2.35. The van der Waals surface area contributed by atoms with Gasteiger partial charge in [0, 0.05) is 5.92 Å². The van der Waals surface area contributed by atoms with Crippen LogP contribution in [0.5, 0.6) is 0 Å². The molecule has 0 unspecified atom stereocenters. The van der Waals surface area contributed by atoms with Crippen LogP contribution in [0.3, 0.4) is 0 Å². The number of hydrogen-bond acceptors (Lipinski definition) is 1. The molecule has 0 aliphatic heterocycles. The van der Waals surface area contributed by atoms with Gasteiger partial charge in [-0.25, -0.2) is 4.98 Å². The number of H-pyrrole nitrogens is 1. The summed E-state index contributed by atoms with van der Waals surface area (Å²) in [5.41, 5.74) is 0.466. The first-order valence-electron chi connectivity index (χ1n) is 6.11. The number of aromatic amines is 1. The predicted octanol–water partition coefficient (Wildman–Crippen LogP) is 4.24. The molecule has 2 nitrogen and oxygen atoms in total. The number of imidazole rings is 1. The lowest BCUT2D eigenvalue weighted by molar-refractivity contribution is -0.137. The first-order valence-corrected chi connectivity index (χ1v) is 6.11. The highest BCUT2D eigenvalue weighted by Gasteiger charge is 2.31. The minimum Gasteiger partial charge on any atom is -0.342 e. The first-order chi connectivity index (χ1) is 8.54. The quantitative estimate of drug-likeness (QED) is 0.810. The fraction of sp³-hybridized carbons (Fsp3) is 0.462. The summed E-state index contributed by atoms with van der Waals surface area (Å²) in [5, 5.41) is 0. The van der Waals surface area contributed by atoms with E-state index in [9.17, 15) is 13.2 Å². The zero-order valence-electron chi connectivity index (χ0n) is 9.72. The number of alkyl halides is 3. The molecule has 0 radical (unpaired) electrons. The molecule has 1 aliphatic carbocycles. The van der Waals surface area contributed by atoms with E-state index in [1.807, 2.05) is 0 Å². The smallest absolute Gasteiger partial charge is 0.342 e. The lowest BCUT2D eigenvalue weighted by Gasteiger charge is -2.05. The molecule has 5 heteroatoms. The average Bonchev–Trinajstić information content (AvgIpc) is 2.95. The second kappa shape index (κ2) is 4.00. The molecule has 1 aromatic heterocycles. The molecule has 0 atom stereocenters. The summed E-state index contributed by atoms with van der Waals surface area (Å²) in [7, 11) is 0. The van der Waals surface area contributed by atoms with Gasteiger partial charge in [0.05, 0.1) is 16.6 Å².